The molecule has 1 heterocycles. The van der Waals surface area contributed by atoms with Gasteiger partial charge in [-0.25, -0.2) is 14.7 Å². The highest BCUT2D eigenvalue weighted by molar-refractivity contribution is 8.00. The lowest BCUT2D eigenvalue weighted by molar-refractivity contribution is -0.119. The first kappa shape index (κ1) is 17.3. The number of rotatable bonds is 6. The van der Waals surface area contributed by atoms with E-state index in [1.807, 2.05) is 6.92 Å². The van der Waals surface area contributed by atoms with Crippen molar-refractivity contribution in [2.24, 2.45) is 0 Å². The van der Waals surface area contributed by atoms with Crippen LogP contribution in [0.2, 0.25) is 0 Å². The van der Waals surface area contributed by atoms with Gasteiger partial charge in [0.25, 0.3) is 0 Å². The second-order valence-electron chi connectivity index (χ2n) is 4.84. The zero-order valence-corrected chi connectivity index (χ0v) is 13.4. The van der Waals surface area contributed by atoms with Crippen LogP contribution in [0.1, 0.15) is 34.1 Å². The van der Waals surface area contributed by atoms with Gasteiger partial charge < -0.3 is 5.32 Å². The number of nitrogens with one attached hydrogen (secondary N) is 3. The van der Waals surface area contributed by atoms with Crippen molar-refractivity contribution in [2.75, 3.05) is 0 Å². The highest BCUT2D eigenvalue weighted by atomic mass is 32.2. The third-order valence-corrected chi connectivity index (χ3v) is 3.57. The van der Waals surface area contributed by atoms with Crippen molar-refractivity contribution in [3.63, 3.8) is 0 Å². The maximum absolute atomic E-state index is 11.9. The molecule has 0 aliphatic rings. The first-order chi connectivity index (χ1) is 9.85. The van der Waals surface area contributed by atoms with Gasteiger partial charge in [-0.1, -0.05) is 18.7 Å². The fourth-order valence-corrected chi connectivity index (χ4v) is 2.42. The second-order valence-corrected chi connectivity index (χ2v) is 6.15. The van der Waals surface area contributed by atoms with Gasteiger partial charge in [0.1, 0.15) is 0 Å². The van der Waals surface area contributed by atoms with Crippen LogP contribution < -0.4 is 16.3 Å². The Bertz CT molecular complexity index is 551. The van der Waals surface area contributed by atoms with Crippen LogP contribution in [0.5, 0.6) is 0 Å². The smallest absolute Gasteiger partial charge is 0.336 e. The van der Waals surface area contributed by atoms with Crippen LogP contribution in [0.4, 0.5) is 4.79 Å². The molecule has 1 atom stereocenters. The molecule has 0 unspecified atom stereocenters. The number of H-pyrrole nitrogens is 1. The van der Waals surface area contributed by atoms with E-state index in [0.717, 1.165) is 18.2 Å². The number of carbonyl (C=O) groups excluding carboxylic acids is 2. The van der Waals surface area contributed by atoms with Crippen molar-refractivity contribution < 1.29 is 9.59 Å². The standard InChI is InChI=1S/C12H21N5O3S/c1-5-6-17-11(20)15-16-12(17)21-8(4)9(18)14-10(19)13-7(2)3/h7-8H,5-6H2,1-4H3,(H,15,20)(H2,13,14,18,19)/t8-/m0/s1. The van der Waals surface area contributed by atoms with Crippen molar-refractivity contribution in [3.8, 4) is 0 Å². The first-order valence-electron chi connectivity index (χ1n) is 6.78. The summed E-state index contributed by atoms with van der Waals surface area (Å²) in [5, 5.41) is 11.0. The number of hydrogen-bond acceptors (Lipinski definition) is 5. The van der Waals surface area contributed by atoms with Crippen LogP contribution in [0.25, 0.3) is 0 Å². The third-order valence-electron chi connectivity index (χ3n) is 2.48. The van der Waals surface area contributed by atoms with Gasteiger partial charge in [-0.3, -0.25) is 14.7 Å². The first-order valence-corrected chi connectivity index (χ1v) is 7.66. The van der Waals surface area contributed by atoms with E-state index in [1.165, 1.54) is 4.57 Å². The SMILES string of the molecule is CCCn1c(S[C@@H](C)C(=O)NC(=O)NC(C)C)n[nH]c1=O. The van der Waals surface area contributed by atoms with Gasteiger partial charge in [0.15, 0.2) is 5.16 Å². The minimum atomic E-state index is -0.547. The Morgan fingerprint density at radius 1 is 1.38 bits per heavy atom. The number of urea groups is 1. The highest BCUT2D eigenvalue weighted by Gasteiger charge is 2.20. The fraction of sp³-hybridized carbons (Fsp3) is 0.667. The molecule has 1 aromatic rings. The lowest BCUT2D eigenvalue weighted by Gasteiger charge is -2.13. The number of nitrogens with zero attached hydrogens (tertiary/aromatic N) is 2. The van der Waals surface area contributed by atoms with Crippen molar-refractivity contribution in [2.45, 2.75) is 57.1 Å². The lowest BCUT2D eigenvalue weighted by atomic mass is 10.4. The predicted octanol–water partition coefficient (Wildman–Crippen LogP) is 0.696. The van der Waals surface area contributed by atoms with E-state index >= 15 is 0 Å². The van der Waals surface area contributed by atoms with E-state index < -0.39 is 17.2 Å². The van der Waals surface area contributed by atoms with Crippen LogP contribution in [0.15, 0.2) is 9.95 Å². The summed E-state index contributed by atoms with van der Waals surface area (Å²) < 4.78 is 1.47. The fourth-order valence-electron chi connectivity index (χ4n) is 1.54. The molecule has 0 fully saturated rings. The summed E-state index contributed by atoms with van der Waals surface area (Å²) in [7, 11) is 0. The number of hydrogen-bond donors (Lipinski definition) is 3. The molecule has 3 amide bonds. The molecule has 9 heteroatoms. The van der Waals surface area contributed by atoms with Crippen molar-refractivity contribution >= 4 is 23.7 Å². The van der Waals surface area contributed by atoms with E-state index in [9.17, 15) is 14.4 Å². The Balaban J connectivity index is 2.64. The average Bonchev–Trinajstić information content (AvgIpc) is 2.70. The quantitative estimate of drug-likeness (QED) is 0.669. The Morgan fingerprint density at radius 3 is 2.62 bits per heavy atom. The maximum atomic E-state index is 11.9. The molecule has 0 aliphatic heterocycles. The van der Waals surface area contributed by atoms with E-state index in [2.05, 4.69) is 20.8 Å². The number of thioether (sulfide) groups is 1. The van der Waals surface area contributed by atoms with Crippen molar-refractivity contribution in [3.05, 3.63) is 10.5 Å². The van der Waals surface area contributed by atoms with Crippen LogP contribution in [-0.4, -0.2) is 38.0 Å². The summed E-state index contributed by atoms with van der Waals surface area (Å²) in [6.45, 7) is 7.73. The third kappa shape index (κ3) is 5.25. The zero-order valence-electron chi connectivity index (χ0n) is 12.6. The highest BCUT2D eigenvalue weighted by Crippen LogP contribution is 2.19. The molecule has 0 aliphatic carbocycles. The summed E-state index contributed by atoms with van der Waals surface area (Å²) in [6.07, 6.45) is 0.782. The van der Waals surface area contributed by atoms with Crippen molar-refractivity contribution in [1.82, 2.24) is 25.4 Å². The summed E-state index contributed by atoms with van der Waals surface area (Å²) in [6, 6.07) is -0.586. The van der Waals surface area contributed by atoms with Gasteiger partial charge in [0.2, 0.25) is 5.91 Å². The van der Waals surface area contributed by atoms with E-state index in [0.29, 0.717) is 11.7 Å². The molecule has 0 radical (unpaired) electrons. The number of amides is 3. The van der Waals surface area contributed by atoms with Gasteiger partial charge in [-0.15, -0.1) is 5.10 Å². The molecule has 0 aromatic carbocycles. The second kappa shape index (κ2) is 7.87. The molecule has 1 aromatic heterocycles. The predicted molar refractivity (Wildman–Crippen MR) is 80.3 cm³/mol. The van der Waals surface area contributed by atoms with Gasteiger partial charge in [0, 0.05) is 12.6 Å². The number of imide groups is 1. The van der Waals surface area contributed by atoms with Crippen LogP contribution in [0, 0.1) is 0 Å². The summed E-state index contributed by atoms with van der Waals surface area (Å²) in [5.41, 5.74) is -0.301. The van der Waals surface area contributed by atoms with Crippen molar-refractivity contribution in [1.29, 1.82) is 0 Å². The molecular weight excluding hydrogens is 294 g/mol. The molecule has 8 nitrogen and oxygen atoms in total. The molecule has 1 rings (SSSR count). The van der Waals surface area contributed by atoms with Crippen LogP contribution >= 0.6 is 11.8 Å². The Kier molecular flexibility index (Phi) is 6.47. The van der Waals surface area contributed by atoms with E-state index in [-0.39, 0.29) is 11.7 Å². The average molecular weight is 315 g/mol. The molecular formula is C12H21N5O3S. The molecule has 0 saturated carbocycles. The Morgan fingerprint density at radius 2 is 2.05 bits per heavy atom. The normalized spacial score (nSPS) is 12.2. The minimum Gasteiger partial charge on any atom is -0.336 e. The van der Waals surface area contributed by atoms with E-state index in [4.69, 9.17) is 0 Å². The van der Waals surface area contributed by atoms with Gasteiger partial charge in [0.05, 0.1) is 5.25 Å². The van der Waals surface area contributed by atoms with Crippen LogP contribution in [-0.2, 0) is 11.3 Å². The monoisotopic (exact) mass is 315 g/mol. The molecule has 0 bridgehead atoms. The molecule has 0 saturated heterocycles. The summed E-state index contributed by atoms with van der Waals surface area (Å²) in [4.78, 5) is 34.9. The molecule has 118 valence electrons. The van der Waals surface area contributed by atoms with Gasteiger partial charge in [-0.05, 0) is 27.2 Å². The Hall–Kier alpha value is -1.77. The van der Waals surface area contributed by atoms with Crippen LogP contribution in [0.3, 0.4) is 0 Å². The van der Waals surface area contributed by atoms with E-state index in [1.54, 1.807) is 20.8 Å². The van der Waals surface area contributed by atoms with Gasteiger partial charge in [-0.2, -0.15) is 0 Å². The number of aromatic amines is 1. The largest absolute Gasteiger partial charge is 0.343 e. The molecule has 21 heavy (non-hydrogen) atoms. The maximum Gasteiger partial charge on any atom is 0.343 e. The topological polar surface area (TPSA) is 109 Å². The Labute approximate surface area is 127 Å². The summed E-state index contributed by atoms with van der Waals surface area (Å²) in [5.74, 6) is -0.434. The molecule has 3 N–H and O–H groups in total. The minimum absolute atomic E-state index is 0.0539. The summed E-state index contributed by atoms with van der Waals surface area (Å²) >= 11 is 1.13. The number of aromatic nitrogens is 3. The van der Waals surface area contributed by atoms with Gasteiger partial charge >= 0.3 is 11.7 Å². The molecule has 0 spiro atoms. The lowest BCUT2D eigenvalue weighted by Crippen LogP contribution is -2.45. The number of carbonyl (C=O) groups is 2. The zero-order chi connectivity index (χ0) is 16.0.